The lowest BCUT2D eigenvalue weighted by Crippen LogP contribution is -2.22. The smallest absolute Gasteiger partial charge is 0.124 e. The molecule has 0 saturated carbocycles. The summed E-state index contributed by atoms with van der Waals surface area (Å²) < 4.78 is 6.01. The van der Waals surface area contributed by atoms with E-state index in [1.807, 2.05) is 7.05 Å². The van der Waals surface area contributed by atoms with Gasteiger partial charge in [0.15, 0.2) is 0 Å². The van der Waals surface area contributed by atoms with Crippen LogP contribution in [0, 0.1) is 0 Å². The van der Waals surface area contributed by atoms with Gasteiger partial charge < -0.3 is 15.0 Å². The van der Waals surface area contributed by atoms with Gasteiger partial charge in [-0.05, 0) is 51.9 Å². The molecule has 3 nitrogen and oxygen atoms in total. The summed E-state index contributed by atoms with van der Waals surface area (Å²) >= 11 is 0. The zero-order valence-electron chi connectivity index (χ0n) is 12.9. The van der Waals surface area contributed by atoms with Crippen molar-refractivity contribution in [3.05, 3.63) is 29.8 Å². The fraction of sp³-hybridized carbons (Fsp3) is 0.647. The van der Waals surface area contributed by atoms with Crippen molar-refractivity contribution >= 4 is 0 Å². The molecule has 1 aliphatic rings. The van der Waals surface area contributed by atoms with Crippen LogP contribution in [0.25, 0.3) is 0 Å². The van der Waals surface area contributed by atoms with E-state index in [1.165, 1.54) is 38.0 Å². The molecule has 112 valence electrons. The maximum atomic E-state index is 6.01. The Morgan fingerprint density at radius 1 is 1.25 bits per heavy atom. The van der Waals surface area contributed by atoms with Crippen LogP contribution in [0.15, 0.2) is 24.3 Å². The van der Waals surface area contributed by atoms with E-state index < -0.39 is 0 Å². The molecule has 0 spiro atoms. The van der Waals surface area contributed by atoms with Crippen molar-refractivity contribution in [2.45, 2.75) is 38.6 Å². The van der Waals surface area contributed by atoms with Gasteiger partial charge in [0, 0.05) is 18.2 Å². The second kappa shape index (κ2) is 8.28. The van der Waals surface area contributed by atoms with Crippen LogP contribution in [0.4, 0.5) is 0 Å². The van der Waals surface area contributed by atoms with Crippen LogP contribution in [-0.2, 0) is 0 Å². The van der Waals surface area contributed by atoms with Crippen LogP contribution in [0.3, 0.4) is 0 Å². The Kier molecular flexibility index (Phi) is 6.34. The molecule has 20 heavy (non-hydrogen) atoms. The van der Waals surface area contributed by atoms with E-state index in [0.29, 0.717) is 6.04 Å². The summed E-state index contributed by atoms with van der Waals surface area (Å²) in [5, 5.41) is 3.36. The molecule has 1 aromatic carbocycles. The highest BCUT2D eigenvalue weighted by Gasteiger charge is 2.13. The third-order valence-corrected chi connectivity index (χ3v) is 4.13. The van der Waals surface area contributed by atoms with Gasteiger partial charge in [-0.3, -0.25) is 0 Å². The Balaban J connectivity index is 1.82. The summed E-state index contributed by atoms with van der Waals surface area (Å²) in [4.78, 5) is 2.54. The van der Waals surface area contributed by atoms with Crippen molar-refractivity contribution in [2.75, 3.05) is 33.3 Å². The predicted octanol–water partition coefficient (Wildman–Crippen LogP) is 3.22. The SMILES string of the molecule is CCC(NC)c1ccccc1OCCCN1CCCC1. The molecule has 1 atom stereocenters. The van der Waals surface area contributed by atoms with E-state index in [9.17, 15) is 0 Å². The third kappa shape index (κ3) is 4.22. The molecule has 1 aromatic rings. The molecule has 1 fully saturated rings. The fourth-order valence-electron chi connectivity index (χ4n) is 2.96. The largest absolute Gasteiger partial charge is 0.493 e. The van der Waals surface area contributed by atoms with Gasteiger partial charge in [0.1, 0.15) is 5.75 Å². The van der Waals surface area contributed by atoms with Gasteiger partial charge in [-0.2, -0.15) is 0 Å². The summed E-state index contributed by atoms with van der Waals surface area (Å²) in [6, 6.07) is 8.78. The lowest BCUT2D eigenvalue weighted by atomic mass is 10.0. The van der Waals surface area contributed by atoms with Crippen molar-refractivity contribution < 1.29 is 4.74 Å². The Bertz CT molecular complexity index is 384. The molecule has 0 radical (unpaired) electrons. The van der Waals surface area contributed by atoms with E-state index >= 15 is 0 Å². The molecule has 0 aromatic heterocycles. The second-order valence-corrected chi connectivity index (χ2v) is 5.54. The van der Waals surface area contributed by atoms with Crippen LogP contribution < -0.4 is 10.1 Å². The van der Waals surface area contributed by atoms with E-state index in [2.05, 4.69) is 41.4 Å². The first-order valence-electron chi connectivity index (χ1n) is 7.96. The van der Waals surface area contributed by atoms with Crippen molar-refractivity contribution in [3.63, 3.8) is 0 Å². The molecular weight excluding hydrogens is 248 g/mol. The molecule has 0 amide bonds. The number of rotatable bonds is 8. The Labute approximate surface area is 123 Å². The standard InChI is InChI=1S/C17H28N2O/c1-3-16(18-2)15-9-4-5-10-17(15)20-14-8-13-19-11-6-7-12-19/h4-5,9-10,16,18H,3,6-8,11-14H2,1-2H3. The highest BCUT2D eigenvalue weighted by molar-refractivity contribution is 5.35. The molecule has 3 heteroatoms. The highest BCUT2D eigenvalue weighted by atomic mass is 16.5. The van der Waals surface area contributed by atoms with Crippen molar-refractivity contribution in [2.24, 2.45) is 0 Å². The molecule has 2 rings (SSSR count). The van der Waals surface area contributed by atoms with Crippen LogP contribution in [0.1, 0.15) is 44.2 Å². The van der Waals surface area contributed by atoms with E-state index in [1.54, 1.807) is 0 Å². The number of likely N-dealkylation sites (tertiary alicyclic amines) is 1. The van der Waals surface area contributed by atoms with E-state index in [-0.39, 0.29) is 0 Å². The molecule has 0 bridgehead atoms. The quantitative estimate of drug-likeness (QED) is 0.738. The lowest BCUT2D eigenvalue weighted by Gasteiger charge is -2.19. The normalized spacial score (nSPS) is 17.3. The van der Waals surface area contributed by atoms with Crippen LogP contribution in [0.2, 0.25) is 0 Å². The Morgan fingerprint density at radius 2 is 2.00 bits per heavy atom. The number of nitrogens with one attached hydrogen (secondary N) is 1. The first-order chi connectivity index (χ1) is 9.85. The summed E-state index contributed by atoms with van der Waals surface area (Å²) in [6.45, 7) is 6.73. The summed E-state index contributed by atoms with van der Waals surface area (Å²) in [6.07, 6.45) is 4.92. The van der Waals surface area contributed by atoms with Crippen molar-refractivity contribution in [1.82, 2.24) is 10.2 Å². The first-order valence-corrected chi connectivity index (χ1v) is 7.96. The molecule has 1 N–H and O–H groups in total. The number of nitrogens with zero attached hydrogens (tertiary/aromatic N) is 1. The molecule has 1 aliphatic heterocycles. The number of hydrogen-bond acceptors (Lipinski definition) is 3. The van der Waals surface area contributed by atoms with Crippen molar-refractivity contribution in [1.29, 1.82) is 0 Å². The topological polar surface area (TPSA) is 24.5 Å². The summed E-state index contributed by atoms with van der Waals surface area (Å²) in [5.74, 6) is 1.04. The second-order valence-electron chi connectivity index (χ2n) is 5.54. The van der Waals surface area contributed by atoms with Gasteiger partial charge in [-0.15, -0.1) is 0 Å². The van der Waals surface area contributed by atoms with E-state index in [0.717, 1.165) is 25.2 Å². The van der Waals surface area contributed by atoms with Gasteiger partial charge in [0.05, 0.1) is 6.61 Å². The van der Waals surface area contributed by atoms with Gasteiger partial charge >= 0.3 is 0 Å². The fourth-order valence-corrected chi connectivity index (χ4v) is 2.96. The van der Waals surface area contributed by atoms with Crippen LogP contribution in [0.5, 0.6) is 5.75 Å². The average Bonchev–Trinajstić information content (AvgIpc) is 2.99. The third-order valence-electron chi connectivity index (χ3n) is 4.13. The lowest BCUT2D eigenvalue weighted by molar-refractivity contribution is 0.260. The van der Waals surface area contributed by atoms with Gasteiger partial charge in [0.25, 0.3) is 0 Å². The number of para-hydroxylation sites is 1. The van der Waals surface area contributed by atoms with Crippen LogP contribution >= 0.6 is 0 Å². The monoisotopic (exact) mass is 276 g/mol. The minimum atomic E-state index is 0.379. The molecule has 0 aliphatic carbocycles. The zero-order chi connectivity index (χ0) is 14.2. The maximum absolute atomic E-state index is 6.01. The molecule has 1 unspecified atom stereocenters. The first kappa shape index (κ1) is 15.3. The van der Waals surface area contributed by atoms with E-state index in [4.69, 9.17) is 4.74 Å². The Morgan fingerprint density at radius 3 is 2.70 bits per heavy atom. The highest BCUT2D eigenvalue weighted by Crippen LogP contribution is 2.26. The maximum Gasteiger partial charge on any atom is 0.124 e. The minimum absolute atomic E-state index is 0.379. The van der Waals surface area contributed by atoms with Gasteiger partial charge in [-0.1, -0.05) is 25.1 Å². The average molecular weight is 276 g/mol. The van der Waals surface area contributed by atoms with Crippen molar-refractivity contribution in [3.8, 4) is 5.75 Å². The molecular formula is C17H28N2O. The number of benzene rings is 1. The van der Waals surface area contributed by atoms with Gasteiger partial charge in [0.2, 0.25) is 0 Å². The minimum Gasteiger partial charge on any atom is -0.493 e. The van der Waals surface area contributed by atoms with Crippen LogP contribution in [-0.4, -0.2) is 38.2 Å². The Hall–Kier alpha value is -1.06. The molecule has 1 saturated heterocycles. The number of ether oxygens (including phenoxy) is 1. The predicted molar refractivity (Wildman–Crippen MR) is 84.3 cm³/mol. The van der Waals surface area contributed by atoms with Gasteiger partial charge in [-0.25, -0.2) is 0 Å². The summed E-state index contributed by atoms with van der Waals surface area (Å²) in [5.41, 5.74) is 1.28. The number of hydrogen-bond donors (Lipinski definition) is 1. The molecule has 1 heterocycles. The zero-order valence-corrected chi connectivity index (χ0v) is 12.9. The summed E-state index contributed by atoms with van der Waals surface area (Å²) in [7, 11) is 2.01.